The van der Waals surface area contributed by atoms with Crippen molar-refractivity contribution in [1.82, 2.24) is 0 Å². The van der Waals surface area contributed by atoms with E-state index >= 15 is 0 Å². The first-order chi connectivity index (χ1) is 7.04. The van der Waals surface area contributed by atoms with Gasteiger partial charge >= 0.3 is 0 Å². The first-order valence-corrected chi connectivity index (χ1v) is 5.39. The molecule has 2 nitrogen and oxygen atoms in total. The summed E-state index contributed by atoms with van der Waals surface area (Å²) in [6.07, 6.45) is 3.46. The summed E-state index contributed by atoms with van der Waals surface area (Å²) in [5, 5.41) is 10.0. The fourth-order valence-electron chi connectivity index (χ4n) is 2.27. The Hall–Kier alpha value is -0.800. The maximum Gasteiger partial charge on any atom is 0.165 e. The number of rotatable bonds is 1. The Morgan fingerprint density at radius 2 is 1.93 bits per heavy atom. The Morgan fingerprint density at radius 1 is 1.33 bits per heavy atom. The Bertz CT molecular complexity index is 388. The molecule has 0 bridgehead atoms. The third-order valence-corrected chi connectivity index (χ3v) is 3.39. The van der Waals surface area contributed by atoms with Crippen LogP contribution in [-0.4, -0.2) is 5.11 Å². The van der Waals surface area contributed by atoms with Crippen LogP contribution in [0.4, 0.5) is 4.39 Å². The van der Waals surface area contributed by atoms with Crippen LogP contribution in [0.2, 0.25) is 5.02 Å². The van der Waals surface area contributed by atoms with Crippen LogP contribution >= 0.6 is 11.6 Å². The molecule has 15 heavy (non-hydrogen) atoms. The van der Waals surface area contributed by atoms with Crippen LogP contribution < -0.4 is 5.73 Å². The van der Waals surface area contributed by atoms with Gasteiger partial charge in [0, 0.05) is 16.1 Å². The molecule has 0 heterocycles. The van der Waals surface area contributed by atoms with Gasteiger partial charge in [-0.2, -0.15) is 0 Å². The highest BCUT2D eigenvalue weighted by atomic mass is 35.5. The van der Waals surface area contributed by atoms with Crippen LogP contribution in [0.5, 0.6) is 5.75 Å². The highest BCUT2D eigenvalue weighted by Crippen LogP contribution is 2.44. The van der Waals surface area contributed by atoms with E-state index in [1.165, 1.54) is 6.07 Å². The Balaban J connectivity index is 2.55. The minimum absolute atomic E-state index is 0.346. The standard InChI is InChI=1S/C11H13ClFNO/c12-7-3-4-8(13)10(15)9(7)11(14)5-1-2-6-11/h3-4,15H,1-2,5-6,14H2. The van der Waals surface area contributed by atoms with Crippen molar-refractivity contribution in [2.24, 2.45) is 5.73 Å². The zero-order chi connectivity index (χ0) is 11.1. The van der Waals surface area contributed by atoms with Crippen molar-refractivity contribution in [1.29, 1.82) is 0 Å². The lowest BCUT2D eigenvalue weighted by Crippen LogP contribution is -2.33. The predicted molar refractivity (Wildman–Crippen MR) is 57.4 cm³/mol. The third-order valence-electron chi connectivity index (χ3n) is 3.07. The van der Waals surface area contributed by atoms with Crippen molar-refractivity contribution in [3.63, 3.8) is 0 Å². The molecule has 1 aromatic carbocycles. The van der Waals surface area contributed by atoms with E-state index in [1.807, 2.05) is 0 Å². The molecule has 82 valence electrons. The average Bonchev–Trinajstić information content (AvgIpc) is 2.60. The molecule has 1 aromatic rings. The van der Waals surface area contributed by atoms with E-state index in [9.17, 15) is 9.50 Å². The Labute approximate surface area is 92.9 Å². The smallest absolute Gasteiger partial charge is 0.165 e. The summed E-state index contributed by atoms with van der Waals surface area (Å²) in [7, 11) is 0. The van der Waals surface area contributed by atoms with Crippen molar-refractivity contribution in [2.75, 3.05) is 0 Å². The van der Waals surface area contributed by atoms with Crippen LogP contribution in [0.25, 0.3) is 0 Å². The van der Waals surface area contributed by atoms with Crippen LogP contribution in [0.1, 0.15) is 31.2 Å². The van der Waals surface area contributed by atoms with E-state index in [0.717, 1.165) is 31.7 Å². The predicted octanol–water partition coefficient (Wildman–Crippen LogP) is 2.91. The van der Waals surface area contributed by atoms with Crippen LogP contribution in [0.15, 0.2) is 12.1 Å². The van der Waals surface area contributed by atoms with Crippen molar-refractivity contribution >= 4 is 11.6 Å². The van der Waals surface area contributed by atoms with Crippen molar-refractivity contribution in [3.05, 3.63) is 28.5 Å². The first-order valence-electron chi connectivity index (χ1n) is 5.01. The lowest BCUT2D eigenvalue weighted by molar-refractivity contribution is 0.386. The summed E-state index contributed by atoms with van der Waals surface area (Å²) in [5.74, 6) is -1.06. The van der Waals surface area contributed by atoms with Gasteiger partial charge in [0.25, 0.3) is 0 Å². The number of benzene rings is 1. The van der Waals surface area contributed by atoms with Gasteiger partial charge in [-0.1, -0.05) is 24.4 Å². The summed E-state index contributed by atoms with van der Waals surface area (Å²) in [6.45, 7) is 0. The summed E-state index contributed by atoms with van der Waals surface area (Å²) in [5.41, 5.74) is 5.84. The van der Waals surface area contributed by atoms with Gasteiger partial charge in [0.05, 0.1) is 0 Å². The first kappa shape index (κ1) is 10.7. The fourth-order valence-corrected chi connectivity index (χ4v) is 2.61. The van der Waals surface area contributed by atoms with E-state index in [4.69, 9.17) is 17.3 Å². The van der Waals surface area contributed by atoms with E-state index in [2.05, 4.69) is 0 Å². The average molecular weight is 230 g/mol. The van der Waals surface area contributed by atoms with Gasteiger partial charge in [-0.05, 0) is 25.0 Å². The minimum atomic E-state index is -0.663. The molecule has 0 amide bonds. The zero-order valence-electron chi connectivity index (χ0n) is 8.26. The molecule has 0 saturated heterocycles. The van der Waals surface area contributed by atoms with E-state index in [0.29, 0.717) is 10.6 Å². The lowest BCUT2D eigenvalue weighted by atomic mass is 9.88. The molecule has 0 spiro atoms. The van der Waals surface area contributed by atoms with Gasteiger partial charge in [0.2, 0.25) is 0 Å². The summed E-state index contributed by atoms with van der Waals surface area (Å²) in [6, 6.07) is 2.60. The second-order valence-electron chi connectivity index (χ2n) is 4.12. The molecule has 0 unspecified atom stereocenters. The number of phenolic OH excluding ortho intramolecular Hbond substituents is 1. The van der Waals surface area contributed by atoms with Gasteiger partial charge in [0.15, 0.2) is 11.6 Å². The monoisotopic (exact) mass is 229 g/mol. The third kappa shape index (κ3) is 1.70. The molecular formula is C11H13ClFNO. The van der Waals surface area contributed by atoms with Crippen molar-refractivity contribution in [2.45, 2.75) is 31.2 Å². The molecule has 2 rings (SSSR count). The fraction of sp³-hybridized carbons (Fsp3) is 0.455. The molecule has 1 fully saturated rings. The van der Waals surface area contributed by atoms with Gasteiger partial charge in [-0.25, -0.2) is 4.39 Å². The maximum atomic E-state index is 13.2. The van der Waals surface area contributed by atoms with Gasteiger partial charge in [-0.15, -0.1) is 0 Å². The van der Waals surface area contributed by atoms with Crippen molar-refractivity contribution in [3.8, 4) is 5.75 Å². The molecule has 0 radical (unpaired) electrons. The Morgan fingerprint density at radius 3 is 2.53 bits per heavy atom. The summed E-state index contributed by atoms with van der Waals surface area (Å²) >= 11 is 5.96. The number of hydrogen-bond acceptors (Lipinski definition) is 2. The van der Waals surface area contributed by atoms with Crippen LogP contribution in [-0.2, 0) is 5.54 Å². The number of halogens is 2. The molecule has 0 aliphatic heterocycles. The molecule has 3 N–H and O–H groups in total. The molecule has 0 atom stereocenters. The molecule has 1 aliphatic carbocycles. The SMILES string of the molecule is NC1(c2c(Cl)ccc(F)c2O)CCCC1. The summed E-state index contributed by atoms with van der Waals surface area (Å²) in [4.78, 5) is 0. The normalized spacial score (nSPS) is 19.4. The number of aromatic hydroxyl groups is 1. The summed E-state index contributed by atoms with van der Waals surface area (Å²) < 4.78 is 13.2. The maximum absolute atomic E-state index is 13.2. The number of hydrogen-bond donors (Lipinski definition) is 2. The number of phenols is 1. The second kappa shape index (κ2) is 3.65. The highest BCUT2D eigenvalue weighted by molar-refractivity contribution is 6.31. The van der Waals surface area contributed by atoms with E-state index in [-0.39, 0.29) is 0 Å². The zero-order valence-corrected chi connectivity index (χ0v) is 9.02. The van der Waals surface area contributed by atoms with Gasteiger partial charge in [-0.3, -0.25) is 0 Å². The molecule has 1 aliphatic rings. The van der Waals surface area contributed by atoms with Gasteiger partial charge in [0.1, 0.15) is 0 Å². The minimum Gasteiger partial charge on any atom is -0.505 e. The van der Waals surface area contributed by atoms with Crippen LogP contribution in [0, 0.1) is 5.82 Å². The topological polar surface area (TPSA) is 46.2 Å². The molecule has 1 saturated carbocycles. The second-order valence-corrected chi connectivity index (χ2v) is 4.52. The van der Waals surface area contributed by atoms with E-state index < -0.39 is 17.1 Å². The lowest BCUT2D eigenvalue weighted by Gasteiger charge is -2.26. The highest BCUT2D eigenvalue weighted by Gasteiger charge is 2.36. The quantitative estimate of drug-likeness (QED) is 0.778. The molecular weight excluding hydrogens is 217 g/mol. The van der Waals surface area contributed by atoms with Crippen LogP contribution in [0.3, 0.4) is 0 Å². The van der Waals surface area contributed by atoms with Crippen molar-refractivity contribution < 1.29 is 9.50 Å². The molecule has 0 aromatic heterocycles. The van der Waals surface area contributed by atoms with Gasteiger partial charge < -0.3 is 10.8 Å². The number of nitrogens with two attached hydrogens (primary N) is 1. The Kier molecular flexibility index (Phi) is 2.61. The van der Waals surface area contributed by atoms with E-state index in [1.54, 1.807) is 0 Å². The largest absolute Gasteiger partial charge is 0.505 e. The molecule has 4 heteroatoms.